The Morgan fingerprint density at radius 3 is 2.00 bits per heavy atom. The van der Waals surface area contributed by atoms with Gasteiger partial charge in [-0.25, -0.2) is 14.4 Å². The van der Waals surface area contributed by atoms with E-state index in [1.807, 2.05) is 13.8 Å². The van der Waals surface area contributed by atoms with Crippen LogP contribution in [0.15, 0.2) is 11.6 Å². The Kier molecular flexibility index (Phi) is 9.94. The predicted octanol–water partition coefficient (Wildman–Crippen LogP) is 8.87. The molecule has 0 aromatic carbocycles. The highest BCUT2D eigenvalue weighted by Crippen LogP contribution is 2.76. The van der Waals surface area contributed by atoms with Crippen LogP contribution in [0.5, 0.6) is 0 Å². The van der Waals surface area contributed by atoms with Gasteiger partial charge in [0.1, 0.15) is 17.8 Å². The third-order valence-electron chi connectivity index (χ3n) is 13.4. The minimum Gasteiger partial charge on any atom is -0.438 e. The highest BCUT2D eigenvalue weighted by atomic mass is 16.7. The maximum Gasteiger partial charge on any atom is 0.508 e. The van der Waals surface area contributed by atoms with E-state index in [1.54, 1.807) is 0 Å². The molecule has 0 bridgehead atoms. The molecule has 0 aliphatic heterocycles. The minimum atomic E-state index is -0.670. The predicted molar refractivity (Wildman–Crippen MR) is 169 cm³/mol. The van der Waals surface area contributed by atoms with E-state index in [4.69, 9.17) is 28.4 Å². The fourth-order valence-electron chi connectivity index (χ4n) is 11.0. The monoisotopic (exact) mass is 634 g/mol. The summed E-state index contributed by atoms with van der Waals surface area (Å²) in [6.45, 7) is 17.9. The summed E-state index contributed by atoms with van der Waals surface area (Å²) >= 11 is 0. The van der Waals surface area contributed by atoms with Crippen LogP contribution in [-0.4, -0.2) is 57.6 Å². The molecule has 0 saturated heterocycles. The van der Waals surface area contributed by atoms with Gasteiger partial charge in [0.05, 0.1) is 21.3 Å². The normalized spacial score (nSPS) is 39.0. The van der Waals surface area contributed by atoms with E-state index in [0.717, 1.165) is 51.4 Å². The van der Waals surface area contributed by atoms with Crippen molar-refractivity contribution < 1.29 is 42.8 Å². The topological polar surface area (TPSA) is 107 Å². The molecular weight excluding hydrogens is 576 g/mol. The maximum absolute atomic E-state index is 12.8. The lowest BCUT2D eigenvalue weighted by Gasteiger charge is -2.70. The Morgan fingerprint density at radius 1 is 0.778 bits per heavy atom. The first-order valence-corrected chi connectivity index (χ1v) is 16.8. The molecule has 9 nitrogen and oxygen atoms in total. The van der Waals surface area contributed by atoms with Crippen molar-refractivity contribution in [1.82, 2.24) is 0 Å². The minimum absolute atomic E-state index is 0.00756. The van der Waals surface area contributed by atoms with E-state index in [0.29, 0.717) is 18.3 Å². The SMILES string of the molecule is COC(=O)O[C@H]1CC[C@]2(C)[C@H]3C[C@@H](OC(=O)OC)[C@@H]4[C@@H](/C(C)=C/CCC(C)(C)OC(=O)OC)CC[C@@]4(C)[C@]3(C)CC[C@H]2C1(C)C. The Labute approximate surface area is 270 Å². The maximum atomic E-state index is 12.8. The second-order valence-corrected chi connectivity index (χ2v) is 16.2. The van der Waals surface area contributed by atoms with Crippen LogP contribution >= 0.6 is 0 Å². The van der Waals surface area contributed by atoms with Crippen molar-refractivity contribution in [2.75, 3.05) is 21.3 Å². The Balaban J connectivity index is 1.64. The number of allylic oxidation sites excluding steroid dienone is 2. The first-order chi connectivity index (χ1) is 20.9. The van der Waals surface area contributed by atoms with E-state index in [9.17, 15) is 14.4 Å². The fourth-order valence-corrected chi connectivity index (χ4v) is 11.0. The molecule has 0 N–H and O–H groups in total. The number of ether oxygens (including phenoxy) is 6. The quantitative estimate of drug-likeness (QED) is 0.154. The zero-order chi connectivity index (χ0) is 33.6. The van der Waals surface area contributed by atoms with Crippen LogP contribution in [0, 0.1) is 45.3 Å². The van der Waals surface area contributed by atoms with E-state index in [1.165, 1.54) is 26.9 Å². The first-order valence-electron chi connectivity index (χ1n) is 16.8. The van der Waals surface area contributed by atoms with Gasteiger partial charge in [-0.15, -0.1) is 0 Å². The molecular formula is C36H58O9. The van der Waals surface area contributed by atoms with Gasteiger partial charge in [0.2, 0.25) is 0 Å². The number of fused-ring (bicyclic) bond motifs is 5. The Morgan fingerprint density at radius 2 is 1.38 bits per heavy atom. The number of hydrogen-bond donors (Lipinski definition) is 0. The number of carbonyl (C=O) groups is 3. The van der Waals surface area contributed by atoms with Gasteiger partial charge in [-0.2, -0.15) is 0 Å². The molecule has 0 unspecified atom stereocenters. The average molecular weight is 635 g/mol. The smallest absolute Gasteiger partial charge is 0.438 e. The zero-order valence-corrected chi connectivity index (χ0v) is 29.6. The second kappa shape index (κ2) is 12.6. The fraction of sp³-hybridized carbons (Fsp3) is 0.861. The van der Waals surface area contributed by atoms with Crippen LogP contribution in [0.3, 0.4) is 0 Å². The Bertz CT molecular complexity index is 1160. The number of methoxy groups -OCH3 is 3. The molecule has 256 valence electrons. The van der Waals surface area contributed by atoms with Gasteiger partial charge in [-0.3, -0.25) is 0 Å². The molecule has 4 aliphatic carbocycles. The number of rotatable bonds is 7. The van der Waals surface area contributed by atoms with Gasteiger partial charge >= 0.3 is 18.5 Å². The van der Waals surface area contributed by atoms with Crippen LogP contribution < -0.4 is 0 Å². The van der Waals surface area contributed by atoms with Crippen molar-refractivity contribution in [3.63, 3.8) is 0 Å². The molecule has 0 amide bonds. The summed E-state index contributed by atoms with van der Waals surface area (Å²) < 4.78 is 32.1. The van der Waals surface area contributed by atoms with Gasteiger partial charge < -0.3 is 28.4 Å². The largest absolute Gasteiger partial charge is 0.508 e. The summed E-state index contributed by atoms with van der Waals surface area (Å²) in [5, 5.41) is 0. The summed E-state index contributed by atoms with van der Waals surface area (Å²) in [7, 11) is 4.06. The lowest BCUT2D eigenvalue weighted by molar-refractivity contribution is -0.242. The molecule has 4 fully saturated rings. The average Bonchev–Trinajstić information content (AvgIpc) is 3.34. The summed E-state index contributed by atoms with van der Waals surface area (Å²) in [6, 6.07) is 0. The molecule has 9 heteroatoms. The standard InChI is InChI=1S/C36H58O9/c1-22(13-12-17-32(2,3)45-31(39)42-11)23-14-19-36(8)28(23)24(43-29(37)40-9)21-26-34(6)18-16-27(44-30(38)41-10)33(4,5)25(34)15-20-35(26,36)7/h13,23-28H,12,14-21H2,1-11H3/b22-13+/t23-,24-,25+,26-,27+,28+,34+,35-,36-/m1/s1. The molecule has 0 aromatic heterocycles. The van der Waals surface area contributed by atoms with Gasteiger partial charge in [0.15, 0.2) is 0 Å². The third-order valence-corrected chi connectivity index (χ3v) is 13.4. The molecule has 9 atom stereocenters. The van der Waals surface area contributed by atoms with Crippen molar-refractivity contribution in [3.8, 4) is 0 Å². The molecule has 4 aliphatic rings. The molecule has 4 saturated carbocycles. The molecule has 0 spiro atoms. The van der Waals surface area contributed by atoms with Gasteiger partial charge in [0.25, 0.3) is 0 Å². The number of hydrogen-bond acceptors (Lipinski definition) is 9. The van der Waals surface area contributed by atoms with Crippen molar-refractivity contribution in [1.29, 1.82) is 0 Å². The third kappa shape index (κ3) is 6.18. The highest BCUT2D eigenvalue weighted by molar-refractivity contribution is 5.60. The summed E-state index contributed by atoms with van der Waals surface area (Å²) in [4.78, 5) is 36.6. The summed E-state index contributed by atoms with van der Waals surface area (Å²) in [5.41, 5.74) is 0.447. The zero-order valence-electron chi connectivity index (χ0n) is 29.6. The van der Waals surface area contributed by atoms with Crippen molar-refractivity contribution in [2.45, 2.75) is 131 Å². The second-order valence-electron chi connectivity index (χ2n) is 16.2. The summed E-state index contributed by atoms with van der Waals surface area (Å²) in [6.07, 6.45) is 8.13. The van der Waals surface area contributed by atoms with Crippen LogP contribution in [0.25, 0.3) is 0 Å². The first kappa shape index (κ1) is 35.4. The molecule has 0 heterocycles. The number of carbonyl (C=O) groups excluding carboxylic acids is 3. The lowest BCUT2D eigenvalue weighted by Crippen LogP contribution is -2.66. The highest BCUT2D eigenvalue weighted by Gasteiger charge is 2.71. The van der Waals surface area contributed by atoms with E-state index in [-0.39, 0.29) is 45.7 Å². The van der Waals surface area contributed by atoms with E-state index < -0.39 is 24.1 Å². The van der Waals surface area contributed by atoms with Gasteiger partial charge in [0, 0.05) is 11.3 Å². The van der Waals surface area contributed by atoms with Gasteiger partial charge in [-0.1, -0.05) is 46.3 Å². The van der Waals surface area contributed by atoms with Crippen molar-refractivity contribution >= 4 is 18.5 Å². The van der Waals surface area contributed by atoms with Gasteiger partial charge in [-0.05, 0) is 113 Å². The van der Waals surface area contributed by atoms with Crippen molar-refractivity contribution in [3.05, 3.63) is 11.6 Å². The lowest BCUT2D eigenvalue weighted by atomic mass is 9.35. The molecule has 0 aromatic rings. The van der Waals surface area contributed by atoms with E-state index >= 15 is 0 Å². The van der Waals surface area contributed by atoms with Crippen LogP contribution in [0.2, 0.25) is 0 Å². The van der Waals surface area contributed by atoms with Crippen LogP contribution in [0.1, 0.15) is 113 Å². The van der Waals surface area contributed by atoms with Crippen molar-refractivity contribution in [2.24, 2.45) is 45.3 Å². The molecule has 0 radical (unpaired) electrons. The summed E-state index contributed by atoms with van der Waals surface area (Å²) in [5.74, 6) is 1.12. The van der Waals surface area contributed by atoms with E-state index in [2.05, 4.69) is 47.6 Å². The van der Waals surface area contributed by atoms with Crippen LogP contribution in [0.4, 0.5) is 14.4 Å². The van der Waals surface area contributed by atoms with Crippen LogP contribution in [-0.2, 0) is 28.4 Å². The molecule has 45 heavy (non-hydrogen) atoms. The molecule has 4 rings (SSSR count). The Hall–Kier alpha value is -2.45.